The summed E-state index contributed by atoms with van der Waals surface area (Å²) >= 11 is 0. The fourth-order valence-electron chi connectivity index (χ4n) is 3.92. The Bertz CT molecular complexity index is 909. The first-order valence-corrected chi connectivity index (χ1v) is 8.99. The molecule has 2 fully saturated rings. The third-order valence-electron chi connectivity index (χ3n) is 5.40. The summed E-state index contributed by atoms with van der Waals surface area (Å²) < 4.78 is 44.2. The predicted molar refractivity (Wildman–Crippen MR) is 96.2 cm³/mol. The Kier molecular flexibility index (Phi) is 4.29. The minimum Gasteiger partial charge on any atom is -0.337 e. The number of rotatable bonds is 3. The number of hydrogen-bond donors (Lipinski definition) is 1. The van der Waals surface area contributed by atoms with Crippen LogP contribution in [-0.2, 0) is 10.5 Å². The summed E-state index contributed by atoms with van der Waals surface area (Å²) in [4.78, 5) is 14.2. The monoisotopic (exact) mass is 372 g/mol. The van der Waals surface area contributed by atoms with Crippen LogP contribution in [0, 0.1) is 23.0 Å². The highest BCUT2D eigenvalue weighted by Crippen LogP contribution is 2.58. The molecule has 1 N–H and O–H groups in total. The zero-order valence-corrected chi connectivity index (χ0v) is 14.6. The van der Waals surface area contributed by atoms with Crippen LogP contribution in [0.4, 0.5) is 13.2 Å². The highest BCUT2D eigenvalue weighted by atomic mass is 19.1. The van der Waals surface area contributed by atoms with E-state index in [-0.39, 0.29) is 35.6 Å². The number of piperidine rings is 1. The second-order valence-electron chi connectivity index (χ2n) is 7.23. The number of likely N-dealkylation sites (tertiary alicyclic amines) is 1. The van der Waals surface area contributed by atoms with Crippen LogP contribution < -0.4 is 0 Å². The van der Waals surface area contributed by atoms with Crippen LogP contribution >= 0.6 is 0 Å². The zero-order valence-electron chi connectivity index (χ0n) is 14.6. The van der Waals surface area contributed by atoms with Crippen molar-refractivity contribution in [2.75, 3.05) is 13.1 Å². The van der Waals surface area contributed by atoms with Gasteiger partial charge in [-0.1, -0.05) is 30.3 Å². The molecule has 2 atom stereocenters. The first-order chi connectivity index (χ1) is 12.9. The van der Waals surface area contributed by atoms with E-state index in [9.17, 15) is 13.6 Å². The van der Waals surface area contributed by atoms with Crippen LogP contribution in [0.2, 0.25) is 0 Å². The summed E-state index contributed by atoms with van der Waals surface area (Å²) in [5.74, 6) is -2.73. The molecule has 2 aromatic carbocycles. The topological polar surface area (TPSA) is 44.2 Å². The van der Waals surface area contributed by atoms with Crippen molar-refractivity contribution in [3.05, 3.63) is 59.7 Å². The molecule has 140 valence electrons. The van der Waals surface area contributed by atoms with Crippen molar-refractivity contribution in [2.24, 2.45) is 5.92 Å². The molecular weight excluding hydrogens is 353 g/mol. The number of alkyl halides is 1. The van der Waals surface area contributed by atoms with Gasteiger partial charge in [-0.15, -0.1) is 0 Å². The lowest BCUT2D eigenvalue weighted by Crippen LogP contribution is -2.41. The number of benzene rings is 2. The van der Waals surface area contributed by atoms with Crippen LogP contribution in [-0.4, -0.2) is 29.6 Å². The minimum atomic E-state index is -1.94. The molecule has 2 aromatic rings. The smallest absolute Gasteiger partial charge is 0.229 e. The normalized spacial score (nSPS) is 24.8. The molecule has 1 amide bonds. The van der Waals surface area contributed by atoms with Gasteiger partial charge in [-0.05, 0) is 36.1 Å². The summed E-state index contributed by atoms with van der Waals surface area (Å²) in [5, 5.41) is 7.76. The third-order valence-corrected chi connectivity index (χ3v) is 5.40. The van der Waals surface area contributed by atoms with Crippen molar-refractivity contribution < 1.29 is 18.0 Å². The Morgan fingerprint density at radius 3 is 2.52 bits per heavy atom. The van der Waals surface area contributed by atoms with E-state index in [1.807, 2.05) is 0 Å². The van der Waals surface area contributed by atoms with E-state index < -0.39 is 23.2 Å². The lowest BCUT2D eigenvalue weighted by atomic mass is 9.93. The van der Waals surface area contributed by atoms with Gasteiger partial charge in [0.2, 0.25) is 5.91 Å². The largest absolute Gasteiger partial charge is 0.337 e. The number of amides is 1. The second kappa shape index (κ2) is 6.51. The molecule has 2 unspecified atom stereocenters. The molecule has 6 heteroatoms. The van der Waals surface area contributed by atoms with Gasteiger partial charge in [-0.25, -0.2) is 13.2 Å². The van der Waals surface area contributed by atoms with E-state index in [1.54, 1.807) is 12.1 Å². The SMILES string of the molecule is N=C1CCCN(C(=O)C2CC2(F)c2ccccc2-c2c(F)cccc2F)C1. The van der Waals surface area contributed by atoms with Crippen molar-refractivity contribution in [3.8, 4) is 11.1 Å². The van der Waals surface area contributed by atoms with E-state index in [4.69, 9.17) is 5.41 Å². The maximum atomic E-state index is 15.7. The predicted octanol–water partition coefficient (Wildman–Crippen LogP) is 4.46. The first-order valence-electron chi connectivity index (χ1n) is 8.99. The van der Waals surface area contributed by atoms with Crippen LogP contribution in [0.5, 0.6) is 0 Å². The van der Waals surface area contributed by atoms with Crippen molar-refractivity contribution in [2.45, 2.75) is 24.9 Å². The van der Waals surface area contributed by atoms with Gasteiger partial charge in [-0.3, -0.25) is 4.79 Å². The van der Waals surface area contributed by atoms with Gasteiger partial charge in [0.1, 0.15) is 17.3 Å². The molecule has 0 spiro atoms. The summed E-state index contributed by atoms with van der Waals surface area (Å²) in [6.07, 6.45) is 1.35. The van der Waals surface area contributed by atoms with Crippen molar-refractivity contribution in [3.63, 3.8) is 0 Å². The zero-order chi connectivity index (χ0) is 19.2. The molecule has 1 aliphatic carbocycles. The Morgan fingerprint density at radius 1 is 1.11 bits per heavy atom. The van der Waals surface area contributed by atoms with Gasteiger partial charge in [0.05, 0.1) is 18.0 Å². The molecule has 3 nitrogen and oxygen atoms in total. The maximum absolute atomic E-state index is 15.7. The summed E-state index contributed by atoms with van der Waals surface area (Å²) in [6, 6.07) is 9.70. The third kappa shape index (κ3) is 3.03. The molecule has 0 aromatic heterocycles. The van der Waals surface area contributed by atoms with Crippen LogP contribution in [0.15, 0.2) is 42.5 Å². The molecule has 2 aliphatic rings. The lowest BCUT2D eigenvalue weighted by Gasteiger charge is -2.28. The van der Waals surface area contributed by atoms with Gasteiger partial charge >= 0.3 is 0 Å². The Hall–Kier alpha value is -2.63. The fraction of sp³-hybridized carbons (Fsp3) is 0.333. The van der Waals surface area contributed by atoms with Gasteiger partial charge < -0.3 is 10.3 Å². The van der Waals surface area contributed by atoms with E-state index in [2.05, 4.69) is 0 Å². The molecule has 27 heavy (non-hydrogen) atoms. The Balaban J connectivity index is 1.67. The fourth-order valence-corrected chi connectivity index (χ4v) is 3.92. The molecule has 0 bridgehead atoms. The van der Waals surface area contributed by atoms with E-state index in [1.165, 1.54) is 23.1 Å². The van der Waals surface area contributed by atoms with Crippen LogP contribution in [0.3, 0.4) is 0 Å². The summed E-state index contributed by atoms with van der Waals surface area (Å²) in [6.45, 7) is 0.742. The summed E-state index contributed by atoms with van der Waals surface area (Å²) in [7, 11) is 0. The second-order valence-corrected chi connectivity index (χ2v) is 7.23. The Morgan fingerprint density at radius 2 is 1.81 bits per heavy atom. The molecule has 1 saturated heterocycles. The van der Waals surface area contributed by atoms with Crippen molar-refractivity contribution in [1.82, 2.24) is 4.90 Å². The average molecular weight is 372 g/mol. The quantitative estimate of drug-likeness (QED) is 0.850. The first kappa shape index (κ1) is 17.8. The number of hydrogen-bond acceptors (Lipinski definition) is 2. The molecule has 1 saturated carbocycles. The number of carbonyl (C=O) groups excluding carboxylic acids is 1. The lowest BCUT2D eigenvalue weighted by molar-refractivity contribution is -0.133. The molecule has 1 heterocycles. The van der Waals surface area contributed by atoms with E-state index in [0.29, 0.717) is 25.1 Å². The Labute approximate surface area is 155 Å². The number of halogens is 3. The summed E-state index contributed by atoms with van der Waals surface area (Å²) in [5.41, 5.74) is -1.48. The highest BCUT2D eigenvalue weighted by Gasteiger charge is 2.62. The minimum absolute atomic E-state index is 0.0112. The molecule has 4 rings (SSSR count). The number of nitrogens with zero attached hydrogens (tertiary/aromatic N) is 1. The van der Waals surface area contributed by atoms with Gasteiger partial charge in [0, 0.05) is 18.7 Å². The maximum Gasteiger partial charge on any atom is 0.229 e. The van der Waals surface area contributed by atoms with Crippen molar-refractivity contribution >= 4 is 11.6 Å². The van der Waals surface area contributed by atoms with Gasteiger partial charge in [0.25, 0.3) is 0 Å². The van der Waals surface area contributed by atoms with E-state index >= 15 is 4.39 Å². The standard InChI is InChI=1S/C21H19F3N2O/c22-17-8-3-9-18(23)19(17)14-6-1-2-7-15(14)21(24)11-16(21)20(27)26-10-4-5-13(25)12-26/h1-3,6-9,16,25H,4-5,10-12H2. The van der Waals surface area contributed by atoms with Gasteiger partial charge in [0.15, 0.2) is 0 Å². The van der Waals surface area contributed by atoms with E-state index in [0.717, 1.165) is 12.1 Å². The number of carbonyl (C=O) groups is 1. The number of nitrogens with one attached hydrogen (secondary N) is 1. The van der Waals surface area contributed by atoms with Crippen LogP contribution in [0.1, 0.15) is 24.8 Å². The average Bonchev–Trinajstić information content (AvgIpc) is 3.34. The van der Waals surface area contributed by atoms with Crippen LogP contribution in [0.25, 0.3) is 11.1 Å². The molecule has 0 radical (unpaired) electrons. The molecular formula is C21H19F3N2O. The molecule has 1 aliphatic heterocycles. The van der Waals surface area contributed by atoms with Crippen molar-refractivity contribution in [1.29, 1.82) is 5.41 Å². The highest BCUT2D eigenvalue weighted by molar-refractivity contribution is 5.92. The van der Waals surface area contributed by atoms with Gasteiger partial charge in [-0.2, -0.15) is 0 Å².